The monoisotopic (exact) mass is 363 g/mol. The summed E-state index contributed by atoms with van der Waals surface area (Å²) in [5, 5.41) is 2.67. The van der Waals surface area contributed by atoms with Gasteiger partial charge in [0.25, 0.3) is 0 Å². The number of unbranched alkanes of at least 4 members (excludes halogenated alkanes) is 2. The van der Waals surface area contributed by atoms with Crippen molar-refractivity contribution in [3.05, 3.63) is 29.8 Å². The first-order valence-corrected chi connectivity index (χ1v) is 8.87. The molecule has 1 rings (SSSR count). The fraction of sp³-hybridized carbons (Fsp3) is 0.550. The number of aldehydes is 2. The number of nitrogens with one attached hydrogen (secondary N) is 1. The molecule has 0 saturated heterocycles. The van der Waals surface area contributed by atoms with E-state index in [1.54, 1.807) is 24.3 Å². The van der Waals surface area contributed by atoms with E-state index in [2.05, 4.69) is 5.32 Å². The van der Waals surface area contributed by atoms with Crippen LogP contribution in [0.3, 0.4) is 0 Å². The molecule has 6 heteroatoms. The Balaban J connectivity index is 2.05. The number of carbonyl (C=O) groups is 3. The van der Waals surface area contributed by atoms with Crippen molar-refractivity contribution in [2.24, 2.45) is 5.41 Å². The minimum Gasteiger partial charge on any atom is -0.494 e. The molecular formula is C20H29NO5. The molecule has 1 unspecified atom stereocenters. The number of amides is 1. The minimum absolute atomic E-state index is 0.0417. The SMILES string of the molecule is CC(C)(C)C(C=O)NC(=O)COCCCCCOc1ccc(C=O)cc1. The van der Waals surface area contributed by atoms with Crippen LogP contribution in [0.4, 0.5) is 0 Å². The van der Waals surface area contributed by atoms with E-state index in [9.17, 15) is 14.4 Å². The topological polar surface area (TPSA) is 81.7 Å². The molecule has 0 saturated carbocycles. The second kappa shape index (κ2) is 11.4. The molecule has 1 amide bonds. The van der Waals surface area contributed by atoms with E-state index in [-0.39, 0.29) is 17.9 Å². The highest BCUT2D eigenvalue weighted by Crippen LogP contribution is 2.17. The third kappa shape index (κ3) is 8.76. The van der Waals surface area contributed by atoms with Crippen molar-refractivity contribution in [2.45, 2.75) is 46.1 Å². The van der Waals surface area contributed by atoms with Gasteiger partial charge < -0.3 is 19.6 Å². The number of benzene rings is 1. The van der Waals surface area contributed by atoms with Crippen LogP contribution < -0.4 is 10.1 Å². The maximum Gasteiger partial charge on any atom is 0.246 e. The minimum atomic E-state index is -0.517. The quantitative estimate of drug-likeness (QED) is 0.456. The third-order valence-electron chi connectivity index (χ3n) is 3.84. The Bertz CT molecular complexity index is 563. The molecule has 0 aromatic heterocycles. The van der Waals surface area contributed by atoms with Gasteiger partial charge >= 0.3 is 0 Å². The first kappa shape index (κ1) is 21.8. The summed E-state index contributed by atoms with van der Waals surface area (Å²) >= 11 is 0. The second-order valence-electron chi connectivity index (χ2n) is 7.20. The molecule has 0 aliphatic heterocycles. The van der Waals surface area contributed by atoms with Gasteiger partial charge in [0, 0.05) is 12.2 Å². The summed E-state index contributed by atoms with van der Waals surface area (Å²) in [6.45, 7) is 6.72. The Morgan fingerprint density at radius 1 is 1.08 bits per heavy atom. The zero-order valence-electron chi connectivity index (χ0n) is 15.8. The van der Waals surface area contributed by atoms with Gasteiger partial charge in [0.2, 0.25) is 5.91 Å². The van der Waals surface area contributed by atoms with Gasteiger partial charge in [-0.25, -0.2) is 0 Å². The first-order valence-electron chi connectivity index (χ1n) is 8.87. The molecule has 0 fully saturated rings. The lowest BCUT2D eigenvalue weighted by Gasteiger charge is -2.26. The fourth-order valence-electron chi connectivity index (χ4n) is 2.15. The Morgan fingerprint density at radius 3 is 2.31 bits per heavy atom. The lowest BCUT2D eigenvalue weighted by Crippen LogP contribution is -2.46. The van der Waals surface area contributed by atoms with E-state index in [4.69, 9.17) is 9.47 Å². The van der Waals surface area contributed by atoms with Crippen molar-refractivity contribution in [2.75, 3.05) is 19.8 Å². The maximum atomic E-state index is 11.8. The summed E-state index contributed by atoms with van der Waals surface area (Å²) < 4.78 is 10.9. The molecule has 1 atom stereocenters. The zero-order valence-corrected chi connectivity index (χ0v) is 15.8. The molecule has 0 aliphatic rings. The predicted octanol–water partition coefficient (Wildman–Crippen LogP) is 2.79. The van der Waals surface area contributed by atoms with Gasteiger partial charge in [-0.05, 0) is 48.9 Å². The highest BCUT2D eigenvalue weighted by atomic mass is 16.5. The van der Waals surface area contributed by atoms with Crippen LogP contribution in [0.25, 0.3) is 0 Å². The summed E-state index contributed by atoms with van der Waals surface area (Å²) in [5.74, 6) is 0.464. The number of rotatable bonds is 12. The second-order valence-corrected chi connectivity index (χ2v) is 7.20. The molecule has 6 nitrogen and oxygen atoms in total. The van der Waals surface area contributed by atoms with Crippen LogP contribution in [-0.2, 0) is 14.3 Å². The molecule has 0 spiro atoms. The van der Waals surface area contributed by atoms with Crippen LogP contribution in [0.1, 0.15) is 50.4 Å². The summed E-state index contributed by atoms with van der Waals surface area (Å²) in [7, 11) is 0. The summed E-state index contributed by atoms with van der Waals surface area (Å²) in [6, 6.07) is 6.47. The van der Waals surface area contributed by atoms with E-state index in [0.717, 1.165) is 37.6 Å². The largest absolute Gasteiger partial charge is 0.494 e. The van der Waals surface area contributed by atoms with Gasteiger partial charge in [-0.1, -0.05) is 20.8 Å². The molecular weight excluding hydrogens is 334 g/mol. The number of hydrogen-bond donors (Lipinski definition) is 1. The van der Waals surface area contributed by atoms with E-state index in [1.165, 1.54) is 0 Å². The zero-order chi connectivity index (χ0) is 19.4. The van der Waals surface area contributed by atoms with Crippen LogP contribution in [0.5, 0.6) is 5.75 Å². The molecule has 0 bridgehead atoms. The molecule has 26 heavy (non-hydrogen) atoms. The standard InChI is InChI=1S/C20H29NO5/c1-20(2,3)18(14-23)21-19(24)15-25-11-5-4-6-12-26-17-9-7-16(13-22)8-10-17/h7-10,13-14,18H,4-6,11-12,15H2,1-3H3,(H,21,24). The average Bonchev–Trinajstić information content (AvgIpc) is 2.61. The van der Waals surface area contributed by atoms with Crippen molar-refractivity contribution < 1.29 is 23.9 Å². The Morgan fingerprint density at radius 2 is 1.73 bits per heavy atom. The fourth-order valence-corrected chi connectivity index (χ4v) is 2.15. The Labute approximate surface area is 155 Å². The van der Waals surface area contributed by atoms with Gasteiger partial charge in [0.1, 0.15) is 24.9 Å². The van der Waals surface area contributed by atoms with Crippen LogP contribution in [0.15, 0.2) is 24.3 Å². The molecule has 1 aromatic rings. The van der Waals surface area contributed by atoms with Gasteiger partial charge in [-0.15, -0.1) is 0 Å². The lowest BCUT2D eigenvalue weighted by molar-refractivity contribution is -0.129. The van der Waals surface area contributed by atoms with E-state index in [1.807, 2.05) is 20.8 Å². The van der Waals surface area contributed by atoms with Gasteiger partial charge in [0.05, 0.1) is 12.6 Å². The highest BCUT2D eigenvalue weighted by Gasteiger charge is 2.25. The first-order chi connectivity index (χ1) is 12.4. The number of hydrogen-bond acceptors (Lipinski definition) is 5. The van der Waals surface area contributed by atoms with Crippen LogP contribution in [0, 0.1) is 5.41 Å². The molecule has 144 valence electrons. The van der Waals surface area contributed by atoms with Crippen LogP contribution in [0.2, 0.25) is 0 Å². The average molecular weight is 363 g/mol. The normalized spacial score (nSPS) is 12.3. The van der Waals surface area contributed by atoms with Crippen molar-refractivity contribution in [3.63, 3.8) is 0 Å². The van der Waals surface area contributed by atoms with Gasteiger partial charge in [-0.2, -0.15) is 0 Å². The lowest BCUT2D eigenvalue weighted by atomic mass is 9.88. The van der Waals surface area contributed by atoms with E-state index < -0.39 is 6.04 Å². The van der Waals surface area contributed by atoms with Crippen LogP contribution >= 0.6 is 0 Å². The van der Waals surface area contributed by atoms with E-state index in [0.29, 0.717) is 18.8 Å². The van der Waals surface area contributed by atoms with Crippen LogP contribution in [-0.4, -0.2) is 44.3 Å². The summed E-state index contributed by atoms with van der Waals surface area (Å²) in [4.78, 5) is 33.3. The summed E-state index contributed by atoms with van der Waals surface area (Å²) in [6.07, 6.45) is 4.18. The van der Waals surface area contributed by atoms with Crippen molar-refractivity contribution in [1.29, 1.82) is 0 Å². The molecule has 1 N–H and O–H groups in total. The molecule has 1 aromatic carbocycles. The highest BCUT2D eigenvalue weighted by molar-refractivity contribution is 5.80. The summed E-state index contributed by atoms with van der Waals surface area (Å²) in [5.41, 5.74) is 0.311. The van der Waals surface area contributed by atoms with Gasteiger partial charge in [-0.3, -0.25) is 9.59 Å². The Kier molecular flexibility index (Phi) is 9.58. The number of carbonyl (C=O) groups excluding carboxylic acids is 3. The number of ether oxygens (including phenoxy) is 2. The van der Waals surface area contributed by atoms with Crippen molar-refractivity contribution in [3.8, 4) is 5.75 Å². The molecule has 0 heterocycles. The maximum absolute atomic E-state index is 11.8. The predicted molar refractivity (Wildman–Crippen MR) is 99.4 cm³/mol. The Hall–Kier alpha value is -2.21. The third-order valence-corrected chi connectivity index (χ3v) is 3.84. The van der Waals surface area contributed by atoms with E-state index >= 15 is 0 Å². The molecule has 0 radical (unpaired) electrons. The smallest absolute Gasteiger partial charge is 0.246 e. The molecule has 0 aliphatic carbocycles. The van der Waals surface area contributed by atoms with Crippen molar-refractivity contribution >= 4 is 18.5 Å². The van der Waals surface area contributed by atoms with Gasteiger partial charge in [0.15, 0.2) is 0 Å². The van der Waals surface area contributed by atoms with Crippen molar-refractivity contribution in [1.82, 2.24) is 5.32 Å².